The van der Waals surface area contributed by atoms with Crippen molar-refractivity contribution in [1.82, 2.24) is 9.88 Å². The maximum Gasteiger partial charge on any atom is 0.246 e. The van der Waals surface area contributed by atoms with Crippen molar-refractivity contribution < 1.29 is 19.1 Å². The molecule has 1 aromatic heterocycles. The van der Waals surface area contributed by atoms with Gasteiger partial charge in [0.25, 0.3) is 0 Å². The topological polar surface area (TPSA) is 94.8 Å². The summed E-state index contributed by atoms with van der Waals surface area (Å²) in [6.07, 6.45) is 2.19. The molecule has 0 aliphatic carbocycles. The highest BCUT2D eigenvalue weighted by atomic mass is 16.5. The van der Waals surface area contributed by atoms with E-state index in [4.69, 9.17) is 15.2 Å². The van der Waals surface area contributed by atoms with Crippen molar-refractivity contribution in [3.05, 3.63) is 18.0 Å². The van der Waals surface area contributed by atoms with E-state index in [1.165, 1.54) is 20.4 Å². The van der Waals surface area contributed by atoms with Crippen molar-refractivity contribution in [1.29, 1.82) is 0 Å². The Hall–Kier alpha value is -2.15. The lowest BCUT2D eigenvalue weighted by Crippen LogP contribution is -2.50. The number of hydrogen-bond acceptors (Lipinski definition) is 6. The summed E-state index contributed by atoms with van der Waals surface area (Å²) >= 11 is 0. The predicted molar refractivity (Wildman–Crippen MR) is 70.1 cm³/mol. The molecule has 1 unspecified atom stereocenters. The minimum Gasteiger partial charge on any atom is -0.493 e. The van der Waals surface area contributed by atoms with E-state index in [0.29, 0.717) is 23.6 Å². The zero-order chi connectivity index (χ0) is 14.7. The predicted octanol–water partition coefficient (Wildman–Crippen LogP) is 0.0751. The molecule has 20 heavy (non-hydrogen) atoms. The number of hydrogen-bond donors (Lipinski definition) is 1. The molecule has 2 N–H and O–H groups in total. The zero-order valence-electron chi connectivity index (χ0n) is 11.5. The Balaban J connectivity index is 2.29. The standard InChI is InChI=1S/C13H17N3O4/c1-19-10-5-6-15-9(12(10)20-2)7-16-11(17)4-3-8(14)13(16)18/h5-6,8H,3-4,7,14H2,1-2H3. The summed E-state index contributed by atoms with van der Waals surface area (Å²) in [4.78, 5) is 29.1. The van der Waals surface area contributed by atoms with Gasteiger partial charge in [-0.2, -0.15) is 0 Å². The monoisotopic (exact) mass is 279 g/mol. The number of aromatic nitrogens is 1. The maximum atomic E-state index is 12.0. The number of carbonyl (C=O) groups is 2. The van der Waals surface area contributed by atoms with Gasteiger partial charge in [0.05, 0.1) is 26.8 Å². The van der Waals surface area contributed by atoms with E-state index in [1.54, 1.807) is 6.07 Å². The van der Waals surface area contributed by atoms with Crippen LogP contribution in [0.3, 0.4) is 0 Å². The molecule has 1 saturated heterocycles. The summed E-state index contributed by atoms with van der Waals surface area (Å²) in [7, 11) is 2.99. The van der Waals surface area contributed by atoms with Crippen LogP contribution in [0.4, 0.5) is 0 Å². The van der Waals surface area contributed by atoms with E-state index < -0.39 is 6.04 Å². The van der Waals surface area contributed by atoms with E-state index in [2.05, 4.69) is 4.98 Å². The second kappa shape index (κ2) is 5.87. The van der Waals surface area contributed by atoms with Crippen LogP contribution in [-0.2, 0) is 16.1 Å². The number of piperidine rings is 1. The van der Waals surface area contributed by atoms with Crippen LogP contribution < -0.4 is 15.2 Å². The van der Waals surface area contributed by atoms with E-state index in [1.807, 2.05) is 0 Å². The largest absolute Gasteiger partial charge is 0.493 e. The molecule has 2 heterocycles. The quantitative estimate of drug-likeness (QED) is 0.784. The fraction of sp³-hybridized carbons (Fsp3) is 0.462. The van der Waals surface area contributed by atoms with Gasteiger partial charge in [-0.1, -0.05) is 0 Å². The Kier molecular flexibility index (Phi) is 4.19. The van der Waals surface area contributed by atoms with Crippen LogP contribution in [0, 0.1) is 0 Å². The van der Waals surface area contributed by atoms with Crippen molar-refractivity contribution in [3.63, 3.8) is 0 Å². The molecule has 0 aromatic carbocycles. The lowest BCUT2D eigenvalue weighted by molar-refractivity contribution is -0.150. The van der Waals surface area contributed by atoms with Crippen molar-refractivity contribution in [2.45, 2.75) is 25.4 Å². The number of amides is 2. The van der Waals surface area contributed by atoms with Gasteiger partial charge in [0.2, 0.25) is 11.8 Å². The number of methoxy groups -OCH3 is 2. The third-order valence-corrected chi connectivity index (χ3v) is 3.23. The van der Waals surface area contributed by atoms with Crippen molar-refractivity contribution >= 4 is 11.8 Å². The smallest absolute Gasteiger partial charge is 0.246 e. The molecule has 0 bridgehead atoms. The zero-order valence-corrected chi connectivity index (χ0v) is 11.5. The third kappa shape index (κ3) is 2.57. The molecule has 1 aliphatic rings. The molecule has 2 amide bonds. The van der Waals surface area contributed by atoms with Gasteiger partial charge in [0.15, 0.2) is 11.5 Å². The molecular weight excluding hydrogens is 262 g/mol. The number of nitrogens with zero attached hydrogens (tertiary/aromatic N) is 2. The van der Waals surface area contributed by atoms with Gasteiger partial charge in [0.1, 0.15) is 5.69 Å². The first-order valence-corrected chi connectivity index (χ1v) is 6.24. The number of carbonyl (C=O) groups excluding carboxylic acids is 2. The molecule has 1 atom stereocenters. The first-order chi connectivity index (χ1) is 9.58. The van der Waals surface area contributed by atoms with E-state index in [9.17, 15) is 9.59 Å². The van der Waals surface area contributed by atoms with Gasteiger partial charge >= 0.3 is 0 Å². The highest BCUT2D eigenvalue weighted by Gasteiger charge is 2.33. The Bertz CT molecular complexity index is 532. The van der Waals surface area contributed by atoms with Crippen molar-refractivity contribution in [3.8, 4) is 11.5 Å². The average molecular weight is 279 g/mol. The first kappa shape index (κ1) is 14.3. The van der Waals surface area contributed by atoms with Gasteiger partial charge in [-0.3, -0.25) is 19.5 Å². The molecule has 0 saturated carbocycles. The van der Waals surface area contributed by atoms with Gasteiger partial charge in [-0.15, -0.1) is 0 Å². The molecular formula is C13H17N3O4. The summed E-state index contributed by atoms with van der Waals surface area (Å²) in [5.41, 5.74) is 6.15. The number of imide groups is 1. The average Bonchev–Trinajstić information content (AvgIpc) is 2.47. The summed E-state index contributed by atoms with van der Waals surface area (Å²) < 4.78 is 10.4. The van der Waals surface area contributed by atoms with Crippen LogP contribution >= 0.6 is 0 Å². The van der Waals surface area contributed by atoms with Crippen LogP contribution in [0.15, 0.2) is 12.3 Å². The minimum atomic E-state index is -0.635. The molecule has 0 spiro atoms. The summed E-state index contributed by atoms with van der Waals surface area (Å²) in [5.74, 6) is 0.282. The highest BCUT2D eigenvalue weighted by molar-refractivity contribution is 6.00. The lowest BCUT2D eigenvalue weighted by atomic mass is 10.0. The van der Waals surface area contributed by atoms with E-state index in [-0.39, 0.29) is 24.8 Å². The Morgan fingerprint density at radius 1 is 1.40 bits per heavy atom. The third-order valence-electron chi connectivity index (χ3n) is 3.23. The molecule has 1 aromatic rings. The fourth-order valence-electron chi connectivity index (χ4n) is 2.14. The van der Waals surface area contributed by atoms with Crippen molar-refractivity contribution in [2.75, 3.05) is 14.2 Å². The Morgan fingerprint density at radius 2 is 2.15 bits per heavy atom. The number of likely N-dealkylation sites (tertiary alicyclic amines) is 1. The summed E-state index contributed by atoms with van der Waals surface area (Å²) in [5, 5.41) is 0. The Morgan fingerprint density at radius 3 is 2.80 bits per heavy atom. The van der Waals surface area contributed by atoms with E-state index >= 15 is 0 Å². The second-order valence-electron chi connectivity index (χ2n) is 4.46. The number of ether oxygens (including phenoxy) is 2. The van der Waals surface area contributed by atoms with Gasteiger partial charge in [-0.25, -0.2) is 0 Å². The summed E-state index contributed by atoms with van der Waals surface area (Å²) in [6, 6.07) is 1.01. The van der Waals surface area contributed by atoms with Gasteiger partial charge in [-0.05, 0) is 6.42 Å². The SMILES string of the molecule is COc1ccnc(CN2C(=O)CCC(N)C2=O)c1OC. The van der Waals surface area contributed by atoms with Crippen LogP contribution in [0.2, 0.25) is 0 Å². The second-order valence-corrected chi connectivity index (χ2v) is 4.46. The molecule has 2 rings (SSSR count). The fourth-order valence-corrected chi connectivity index (χ4v) is 2.14. The Labute approximate surface area is 116 Å². The van der Waals surface area contributed by atoms with Crippen molar-refractivity contribution in [2.24, 2.45) is 5.73 Å². The molecule has 0 radical (unpaired) electrons. The van der Waals surface area contributed by atoms with Crippen LogP contribution in [0.1, 0.15) is 18.5 Å². The molecule has 7 heteroatoms. The first-order valence-electron chi connectivity index (χ1n) is 6.24. The molecule has 1 aliphatic heterocycles. The molecule has 108 valence electrons. The maximum absolute atomic E-state index is 12.0. The number of pyridine rings is 1. The highest BCUT2D eigenvalue weighted by Crippen LogP contribution is 2.30. The molecule has 1 fully saturated rings. The number of nitrogens with two attached hydrogens (primary N) is 1. The molecule has 7 nitrogen and oxygen atoms in total. The van der Waals surface area contributed by atoms with Crippen LogP contribution in [-0.4, -0.2) is 42.0 Å². The van der Waals surface area contributed by atoms with Crippen LogP contribution in [0.5, 0.6) is 11.5 Å². The minimum absolute atomic E-state index is 0.0335. The van der Waals surface area contributed by atoms with Gasteiger partial charge in [0, 0.05) is 18.7 Å². The lowest BCUT2D eigenvalue weighted by Gasteiger charge is -2.28. The number of rotatable bonds is 4. The summed E-state index contributed by atoms with van der Waals surface area (Å²) in [6.45, 7) is 0.0335. The van der Waals surface area contributed by atoms with Crippen LogP contribution in [0.25, 0.3) is 0 Å². The van der Waals surface area contributed by atoms with Gasteiger partial charge < -0.3 is 15.2 Å². The van der Waals surface area contributed by atoms with E-state index in [0.717, 1.165) is 4.90 Å². The normalized spacial score (nSPS) is 19.1.